The number of H-pyrrole nitrogens is 1. The molecule has 0 radical (unpaired) electrons. The molecule has 1 aromatic heterocycles. The molecule has 1 aliphatic rings. The summed E-state index contributed by atoms with van der Waals surface area (Å²) >= 11 is 0. The van der Waals surface area contributed by atoms with Crippen molar-refractivity contribution in [1.29, 1.82) is 0 Å². The van der Waals surface area contributed by atoms with Crippen LogP contribution in [0.5, 0.6) is 5.75 Å². The Morgan fingerprint density at radius 3 is 2.95 bits per heavy atom. The van der Waals surface area contributed by atoms with Gasteiger partial charge in [0, 0.05) is 42.3 Å². The van der Waals surface area contributed by atoms with Crippen LogP contribution in [0.25, 0.3) is 10.9 Å². The van der Waals surface area contributed by atoms with Crippen LogP contribution in [0, 0.1) is 6.92 Å². The standard InChI is InChI=1S/C15H21N3O/c1-10-15(14-9-16-6-7-18(14)2)12-8-11(19-3)4-5-13(12)17-10/h4-5,8,14,16-17H,6-7,9H2,1-3H3. The fourth-order valence-electron chi connectivity index (χ4n) is 3.01. The first-order valence-electron chi connectivity index (χ1n) is 6.78. The van der Waals surface area contributed by atoms with Gasteiger partial charge in [-0.05, 0) is 37.7 Å². The van der Waals surface area contributed by atoms with Crippen LogP contribution < -0.4 is 10.1 Å². The van der Waals surface area contributed by atoms with E-state index in [0.717, 1.165) is 25.4 Å². The van der Waals surface area contributed by atoms with E-state index in [1.54, 1.807) is 7.11 Å². The second kappa shape index (κ2) is 4.87. The van der Waals surface area contributed by atoms with Crippen LogP contribution in [-0.4, -0.2) is 43.7 Å². The van der Waals surface area contributed by atoms with Gasteiger partial charge in [0.2, 0.25) is 0 Å². The van der Waals surface area contributed by atoms with E-state index in [9.17, 15) is 0 Å². The molecule has 1 saturated heterocycles. The number of likely N-dealkylation sites (N-methyl/N-ethyl adjacent to an activating group) is 1. The zero-order chi connectivity index (χ0) is 13.4. The highest BCUT2D eigenvalue weighted by molar-refractivity contribution is 5.86. The van der Waals surface area contributed by atoms with Crippen molar-refractivity contribution in [3.8, 4) is 5.75 Å². The van der Waals surface area contributed by atoms with Crippen LogP contribution in [0.15, 0.2) is 18.2 Å². The van der Waals surface area contributed by atoms with Crippen LogP contribution in [0.4, 0.5) is 0 Å². The fourth-order valence-corrected chi connectivity index (χ4v) is 3.01. The largest absolute Gasteiger partial charge is 0.497 e. The summed E-state index contributed by atoms with van der Waals surface area (Å²) in [7, 11) is 3.92. The molecule has 1 aliphatic heterocycles. The summed E-state index contributed by atoms with van der Waals surface area (Å²) < 4.78 is 5.36. The number of nitrogens with one attached hydrogen (secondary N) is 2. The quantitative estimate of drug-likeness (QED) is 0.867. The number of aromatic amines is 1. The zero-order valence-electron chi connectivity index (χ0n) is 11.8. The van der Waals surface area contributed by atoms with Gasteiger partial charge < -0.3 is 15.0 Å². The Bertz CT molecular complexity index is 590. The molecule has 2 heterocycles. The van der Waals surface area contributed by atoms with Gasteiger partial charge in [-0.2, -0.15) is 0 Å². The molecule has 0 spiro atoms. The lowest BCUT2D eigenvalue weighted by Gasteiger charge is -2.33. The highest BCUT2D eigenvalue weighted by Gasteiger charge is 2.25. The number of piperazine rings is 1. The Hall–Kier alpha value is -1.52. The predicted octanol–water partition coefficient (Wildman–Crippen LogP) is 2.06. The SMILES string of the molecule is COc1ccc2[nH]c(C)c(C3CNCCN3C)c2c1. The molecule has 0 aliphatic carbocycles. The maximum absolute atomic E-state index is 5.36. The molecule has 1 atom stereocenters. The number of nitrogens with zero attached hydrogens (tertiary/aromatic N) is 1. The molecule has 3 rings (SSSR count). The second-order valence-electron chi connectivity index (χ2n) is 5.28. The smallest absolute Gasteiger partial charge is 0.119 e. The van der Waals surface area contributed by atoms with Crippen LogP contribution in [0.3, 0.4) is 0 Å². The summed E-state index contributed by atoms with van der Waals surface area (Å²) in [5.74, 6) is 0.916. The summed E-state index contributed by atoms with van der Waals surface area (Å²) in [4.78, 5) is 5.91. The number of hydrogen-bond acceptors (Lipinski definition) is 3. The number of hydrogen-bond donors (Lipinski definition) is 2. The fraction of sp³-hybridized carbons (Fsp3) is 0.467. The molecule has 19 heavy (non-hydrogen) atoms. The average Bonchev–Trinajstić information content (AvgIpc) is 2.74. The van der Waals surface area contributed by atoms with Crippen molar-refractivity contribution in [2.75, 3.05) is 33.8 Å². The van der Waals surface area contributed by atoms with E-state index in [-0.39, 0.29) is 0 Å². The van der Waals surface area contributed by atoms with Gasteiger partial charge in [-0.15, -0.1) is 0 Å². The van der Waals surface area contributed by atoms with Crippen LogP contribution in [-0.2, 0) is 0 Å². The first-order chi connectivity index (χ1) is 9.20. The van der Waals surface area contributed by atoms with Gasteiger partial charge in [0.05, 0.1) is 7.11 Å². The average molecular weight is 259 g/mol. The number of aryl methyl sites for hydroxylation is 1. The molecule has 102 valence electrons. The van der Waals surface area contributed by atoms with Crippen molar-refractivity contribution in [1.82, 2.24) is 15.2 Å². The highest BCUT2D eigenvalue weighted by Crippen LogP contribution is 2.33. The molecule has 2 aromatic rings. The second-order valence-corrected chi connectivity index (χ2v) is 5.28. The minimum atomic E-state index is 0.426. The molecule has 0 bridgehead atoms. The van der Waals surface area contributed by atoms with Gasteiger partial charge in [-0.25, -0.2) is 0 Å². The lowest BCUT2D eigenvalue weighted by molar-refractivity contribution is 0.203. The van der Waals surface area contributed by atoms with Gasteiger partial charge >= 0.3 is 0 Å². The van der Waals surface area contributed by atoms with Crippen molar-refractivity contribution in [3.05, 3.63) is 29.5 Å². The van der Waals surface area contributed by atoms with Gasteiger partial charge in [0.1, 0.15) is 5.75 Å². The monoisotopic (exact) mass is 259 g/mol. The van der Waals surface area contributed by atoms with E-state index in [4.69, 9.17) is 4.74 Å². The molecule has 4 heteroatoms. The number of rotatable bonds is 2. The first-order valence-corrected chi connectivity index (χ1v) is 6.78. The van der Waals surface area contributed by atoms with Crippen LogP contribution >= 0.6 is 0 Å². The third-order valence-electron chi connectivity index (χ3n) is 4.09. The summed E-state index contributed by atoms with van der Waals surface area (Å²) in [6, 6.07) is 6.66. The molecular weight excluding hydrogens is 238 g/mol. The van der Waals surface area contributed by atoms with E-state index in [1.807, 2.05) is 6.07 Å². The third kappa shape index (κ3) is 2.11. The molecular formula is C15H21N3O. The highest BCUT2D eigenvalue weighted by atomic mass is 16.5. The van der Waals surface area contributed by atoms with Crippen LogP contribution in [0.2, 0.25) is 0 Å². The lowest BCUT2D eigenvalue weighted by atomic mass is 10.00. The molecule has 1 unspecified atom stereocenters. The number of fused-ring (bicyclic) bond motifs is 1. The Morgan fingerprint density at radius 2 is 2.21 bits per heavy atom. The molecule has 2 N–H and O–H groups in total. The van der Waals surface area contributed by atoms with E-state index in [0.29, 0.717) is 6.04 Å². The Kier molecular flexibility index (Phi) is 3.21. The normalized spacial score (nSPS) is 20.9. The minimum absolute atomic E-state index is 0.426. The zero-order valence-corrected chi connectivity index (χ0v) is 11.8. The molecule has 1 aromatic carbocycles. The Morgan fingerprint density at radius 1 is 1.37 bits per heavy atom. The number of aromatic nitrogens is 1. The number of methoxy groups -OCH3 is 1. The van der Waals surface area contributed by atoms with Gasteiger partial charge in [-0.1, -0.05) is 0 Å². The van der Waals surface area contributed by atoms with Gasteiger partial charge in [-0.3, -0.25) is 4.90 Å². The number of ether oxygens (including phenoxy) is 1. The lowest BCUT2D eigenvalue weighted by Crippen LogP contribution is -2.43. The Labute approximate surface area is 113 Å². The maximum Gasteiger partial charge on any atom is 0.119 e. The molecule has 0 amide bonds. The van der Waals surface area contributed by atoms with E-state index in [1.165, 1.54) is 22.2 Å². The third-order valence-corrected chi connectivity index (χ3v) is 4.09. The van der Waals surface area contributed by atoms with Crippen molar-refractivity contribution in [2.45, 2.75) is 13.0 Å². The predicted molar refractivity (Wildman–Crippen MR) is 77.8 cm³/mol. The van der Waals surface area contributed by atoms with E-state index >= 15 is 0 Å². The summed E-state index contributed by atoms with van der Waals surface area (Å²) in [5, 5.41) is 4.76. The maximum atomic E-state index is 5.36. The first kappa shape index (κ1) is 12.5. The molecule has 4 nitrogen and oxygen atoms in total. The van der Waals surface area contributed by atoms with Gasteiger partial charge in [0.25, 0.3) is 0 Å². The van der Waals surface area contributed by atoms with Crippen molar-refractivity contribution < 1.29 is 4.74 Å². The van der Waals surface area contributed by atoms with Crippen molar-refractivity contribution >= 4 is 10.9 Å². The summed E-state index contributed by atoms with van der Waals surface area (Å²) in [5.41, 5.74) is 3.83. The molecule has 0 saturated carbocycles. The summed E-state index contributed by atoms with van der Waals surface area (Å²) in [6.07, 6.45) is 0. The summed E-state index contributed by atoms with van der Waals surface area (Å²) in [6.45, 7) is 5.31. The van der Waals surface area contributed by atoms with Crippen LogP contribution in [0.1, 0.15) is 17.3 Å². The number of benzene rings is 1. The van der Waals surface area contributed by atoms with E-state index < -0.39 is 0 Å². The molecule has 1 fully saturated rings. The van der Waals surface area contributed by atoms with Gasteiger partial charge in [0.15, 0.2) is 0 Å². The minimum Gasteiger partial charge on any atom is -0.497 e. The topological polar surface area (TPSA) is 40.3 Å². The van der Waals surface area contributed by atoms with E-state index in [2.05, 4.69) is 41.3 Å². The van der Waals surface area contributed by atoms with Crippen molar-refractivity contribution in [2.24, 2.45) is 0 Å². The van der Waals surface area contributed by atoms with Crippen molar-refractivity contribution in [3.63, 3.8) is 0 Å². The Balaban J connectivity index is 2.12.